The topological polar surface area (TPSA) is 82.0 Å². The summed E-state index contributed by atoms with van der Waals surface area (Å²) < 4.78 is 0. The van der Waals surface area contributed by atoms with E-state index >= 15 is 0 Å². The summed E-state index contributed by atoms with van der Waals surface area (Å²) in [5.41, 5.74) is 2.20. The zero-order valence-electron chi connectivity index (χ0n) is 12.6. The third-order valence-electron chi connectivity index (χ3n) is 3.23. The molecule has 0 spiro atoms. The number of carbonyl (C=O) groups is 2. The van der Waals surface area contributed by atoms with Crippen molar-refractivity contribution in [2.24, 2.45) is 0 Å². The van der Waals surface area contributed by atoms with Gasteiger partial charge in [0.2, 0.25) is 11.8 Å². The summed E-state index contributed by atoms with van der Waals surface area (Å²) in [6.45, 7) is -0.0758. The molecule has 5 heteroatoms. The number of amides is 2. The van der Waals surface area contributed by atoms with E-state index in [1.807, 2.05) is 36.4 Å². The van der Waals surface area contributed by atoms with Crippen molar-refractivity contribution in [3.8, 4) is 6.07 Å². The number of hydrogen-bond acceptors (Lipinski definition) is 3. The zero-order valence-corrected chi connectivity index (χ0v) is 12.6. The first kappa shape index (κ1) is 16.2. The van der Waals surface area contributed by atoms with Crippen molar-refractivity contribution in [2.45, 2.75) is 12.8 Å². The van der Waals surface area contributed by atoms with E-state index < -0.39 is 0 Å². The van der Waals surface area contributed by atoms with Crippen LogP contribution < -0.4 is 10.6 Å². The van der Waals surface area contributed by atoms with E-state index in [-0.39, 0.29) is 18.4 Å². The van der Waals surface area contributed by atoms with Gasteiger partial charge in [0.05, 0.1) is 18.2 Å². The second kappa shape index (κ2) is 8.35. The van der Waals surface area contributed by atoms with E-state index in [1.165, 1.54) is 0 Å². The molecule has 0 atom stereocenters. The number of aryl methyl sites for hydroxylation is 1. The van der Waals surface area contributed by atoms with Crippen LogP contribution in [0.25, 0.3) is 0 Å². The lowest BCUT2D eigenvalue weighted by atomic mass is 10.1. The molecule has 23 heavy (non-hydrogen) atoms. The Labute approximate surface area is 134 Å². The molecule has 0 aromatic heterocycles. The van der Waals surface area contributed by atoms with Gasteiger partial charge in [0.25, 0.3) is 0 Å². The van der Waals surface area contributed by atoms with E-state index in [9.17, 15) is 9.59 Å². The number of nitrogens with zero attached hydrogens (tertiary/aromatic N) is 1. The highest BCUT2D eigenvalue weighted by Crippen LogP contribution is 2.08. The highest BCUT2D eigenvalue weighted by Gasteiger charge is 2.06. The number of nitriles is 1. The van der Waals surface area contributed by atoms with Crippen LogP contribution in [0.5, 0.6) is 0 Å². The van der Waals surface area contributed by atoms with Crippen molar-refractivity contribution >= 4 is 17.5 Å². The van der Waals surface area contributed by atoms with Crippen molar-refractivity contribution < 1.29 is 9.59 Å². The van der Waals surface area contributed by atoms with E-state index in [4.69, 9.17) is 5.26 Å². The van der Waals surface area contributed by atoms with Crippen molar-refractivity contribution in [1.82, 2.24) is 5.32 Å². The van der Waals surface area contributed by atoms with Gasteiger partial charge in [-0.1, -0.05) is 30.3 Å². The SMILES string of the molecule is N#Cc1ccc(NC(=O)CNC(=O)CCc2ccccc2)cc1. The quantitative estimate of drug-likeness (QED) is 0.858. The normalized spacial score (nSPS) is 9.70. The maximum Gasteiger partial charge on any atom is 0.243 e. The number of rotatable bonds is 6. The summed E-state index contributed by atoms with van der Waals surface area (Å²) in [5.74, 6) is -0.466. The van der Waals surface area contributed by atoms with Gasteiger partial charge in [0.1, 0.15) is 0 Å². The standard InChI is InChI=1S/C18H17N3O2/c19-12-15-6-9-16(10-7-15)21-18(23)13-20-17(22)11-8-14-4-2-1-3-5-14/h1-7,9-10H,8,11,13H2,(H,20,22)(H,21,23). The van der Waals surface area contributed by atoms with Gasteiger partial charge in [-0.3, -0.25) is 9.59 Å². The fourth-order valence-electron chi connectivity index (χ4n) is 2.00. The Hall–Kier alpha value is -3.13. The Morgan fingerprint density at radius 3 is 2.30 bits per heavy atom. The van der Waals surface area contributed by atoms with Gasteiger partial charge in [-0.05, 0) is 36.2 Å². The predicted molar refractivity (Wildman–Crippen MR) is 87.6 cm³/mol. The minimum atomic E-state index is -0.303. The molecular formula is C18H17N3O2. The van der Waals surface area contributed by atoms with Crippen LogP contribution in [-0.2, 0) is 16.0 Å². The lowest BCUT2D eigenvalue weighted by molar-refractivity contribution is -0.124. The monoisotopic (exact) mass is 307 g/mol. The molecule has 2 N–H and O–H groups in total. The number of nitrogens with one attached hydrogen (secondary N) is 2. The molecule has 0 aliphatic heterocycles. The van der Waals surface area contributed by atoms with E-state index in [0.717, 1.165) is 5.56 Å². The summed E-state index contributed by atoms with van der Waals surface area (Å²) >= 11 is 0. The van der Waals surface area contributed by atoms with E-state index in [2.05, 4.69) is 10.6 Å². The average molecular weight is 307 g/mol. The summed E-state index contributed by atoms with van der Waals surface area (Å²) in [6.07, 6.45) is 0.984. The van der Waals surface area contributed by atoms with Crippen LogP contribution in [0.4, 0.5) is 5.69 Å². The van der Waals surface area contributed by atoms with Gasteiger partial charge in [-0.2, -0.15) is 5.26 Å². The van der Waals surface area contributed by atoms with Crippen molar-refractivity contribution in [3.05, 3.63) is 65.7 Å². The predicted octanol–water partition coefficient (Wildman–Crippen LogP) is 2.25. The molecule has 0 heterocycles. The van der Waals surface area contributed by atoms with Crippen LogP contribution in [-0.4, -0.2) is 18.4 Å². The molecular weight excluding hydrogens is 290 g/mol. The lowest BCUT2D eigenvalue weighted by Crippen LogP contribution is -2.32. The molecule has 2 aromatic rings. The van der Waals surface area contributed by atoms with Gasteiger partial charge >= 0.3 is 0 Å². The summed E-state index contributed by atoms with van der Waals surface area (Å²) in [7, 11) is 0. The first-order valence-corrected chi connectivity index (χ1v) is 7.28. The van der Waals surface area contributed by atoms with Gasteiger partial charge < -0.3 is 10.6 Å². The number of anilines is 1. The van der Waals surface area contributed by atoms with Crippen LogP contribution in [0.2, 0.25) is 0 Å². The molecule has 0 unspecified atom stereocenters. The molecule has 0 aliphatic carbocycles. The molecule has 0 saturated heterocycles. The van der Waals surface area contributed by atoms with Gasteiger partial charge in [0, 0.05) is 12.1 Å². The highest BCUT2D eigenvalue weighted by molar-refractivity contribution is 5.94. The number of carbonyl (C=O) groups excluding carboxylic acids is 2. The Bertz CT molecular complexity index is 703. The van der Waals surface area contributed by atoms with Crippen LogP contribution in [0.3, 0.4) is 0 Å². The summed E-state index contributed by atoms with van der Waals surface area (Å²) in [5, 5.41) is 14.0. The van der Waals surface area contributed by atoms with Crippen LogP contribution in [0.1, 0.15) is 17.5 Å². The van der Waals surface area contributed by atoms with Gasteiger partial charge in [-0.15, -0.1) is 0 Å². The molecule has 5 nitrogen and oxygen atoms in total. The molecule has 0 radical (unpaired) electrons. The van der Waals surface area contributed by atoms with E-state index in [1.54, 1.807) is 24.3 Å². The molecule has 2 rings (SSSR count). The molecule has 116 valence electrons. The van der Waals surface area contributed by atoms with Crippen LogP contribution >= 0.6 is 0 Å². The van der Waals surface area contributed by atoms with Crippen LogP contribution in [0.15, 0.2) is 54.6 Å². The molecule has 0 aliphatic rings. The largest absolute Gasteiger partial charge is 0.347 e. The van der Waals surface area contributed by atoms with Crippen molar-refractivity contribution in [1.29, 1.82) is 5.26 Å². The Kier molecular flexibility index (Phi) is 5.89. The first-order valence-electron chi connectivity index (χ1n) is 7.28. The second-order valence-electron chi connectivity index (χ2n) is 5.00. The zero-order chi connectivity index (χ0) is 16.5. The number of benzene rings is 2. The third kappa shape index (κ3) is 5.64. The fraction of sp³-hybridized carbons (Fsp3) is 0.167. The van der Waals surface area contributed by atoms with Crippen molar-refractivity contribution in [3.63, 3.8) is 0 Å². The lowest BCUT2D eigenvalue weighted by Gasteiger charge is -2.07. The van der Waals surface area contributed by atoms with E-state index in [0.29, 0.717) is 24.1 Å². The molecule has 2 amide bonds. The summed E-state index contributed by atoms with van der Waals surface area (Å²) in [6, 6.07) is 18.2. The van der Waals surface area contributed by atoms with Crippen LogP contribution in [0, 0.1) is 11.3 Å². The maximum atomic E-state index is 11.8. The Balaban J connectivity index is 1.71. The van der Waals surface area contributed by atoms with Gasteiger partial charge in [-0.25, -0.2) is 0 Å². The molecule has 0 saturated carbocycles. The molecule has 0 fully saturated rings. The third-order valence-corrected chi connectivity index (χ3v) is 3.23. The van der Waals surface area contributed by atoms with Gasteiger partial charge in [0.15, 0.2) is 0 Å². The highest BCUT2D eigenvalue weighted by atomic mass is 16.2. The first-order chi connectivity index (χ1) is 11.2. The fourth-order valence-corrected chi connectivity index (χ4v) is 2.00. The Morgan fingerprint density at radius 1 is 0.957 bits per heavy atom. The second-order valence-corrected chi connectivity index (χ2v) is 5.00. The molecule has 2 aromatic carbocycles. The number of hydrogen-bond donors (Lipinski definition) is 2. The summed E-state index contributed by atoms with van der Waals surface area (Å²) in [4.78, 5) is 23.5. The maximum absolute atomic E-state index is 11.8. The smallest absolute Gasteiger partial charge is 0.243 e. The minimum absolute atomic E-state index is 0.0758. The Morgan fingerprint density at radius 2 is 1.65 bits per heavy atom. The average Bonchev–Trinajstić information content (AvgIpc) is 2.60. The minimum Gasteiger partial charge on any atom is -0.347 e. The molecule has 0 bridgehead atoms. The van der Waals surface area contributed by atoms with Crippen molar-refractivity contribution in [2.75, 3.05) is 11.9 Å².